The van der Waals surface area contributed by atoms with Crippen LogP contribution in [0.3, 0.4) is 0 Å². The van der Waals surface area contributed by atoms with Crippen LogP contribution in [-0.2, 0) is 9.16 Å². The van der Waals surface area contributed by atoms with Gasteiger partial charge in [0, 0.05) is 6.42 Å². The molecule has 4 aromatic rings. The Morgan fingerprint density at radius 1 is 1.14 bits per heavy atom. The highest BCUT2D eigenvalue weighted by atomic mass is 32.1. The van der Waals surface area contributed by atoms with Crippen molar-refractivity contribution in [2.45, 2.75) is 64.0 Å². The van der Waals surface area contributed by atoms with Gasteiger partial charge in [-0.2, -0.15) is 4.98 Å². The molecule has 7 nitrogen and oxygen atoms in total. The van der Waals surface area contributed by atoms with E-state index in [1.807, 2.05) is 18.6 Å². The van der Waals surface area contributed by atoms with Gasteiger partial charge < -0.3 is 14.9 Å². The van der Waals surface area contributed by atoms with Gasteiger partial charge in [-0.1, -0.05) is 99.7 Å². The van der Waals surface area contributed by atoms with Gasteiger partial charge in [0.05, 0.1) is 23.1 Å². The summed E-state index contributed by atoms with van der Waals surface area (Å²) in [5.74, 6) is 0.134. The summed E-state index contributed by atoms with van der Waals surface area (Å²) in [6.07, 6.45) is 4.19. The van der Waals surface area contributed by atoms with Crippen molar-refractivity contribution in [2.24, 2.45) is 0 Å². The highest BCUT2D eigenvalue weighted by Gasteiger charge is 2.52. The Labute approximate surface area is 222 Å². The largest absolute Gasteiger partial charge is 0.402 e. The summed E-state index contributed by atoms with van der Waals surface area (Å²) in [5.41, 5.74) is 6.32. The molecular formula is C28H33N4O3SSi. The molecule has 193 valence electrons. The molecule has 1 fully saturated rings. The molecule has 1 saturated heterocycles. The van der Waals surface area contributed by atoms with Crippen LogP contribution >= 0.6 is 11.3 Å². The lowest BCUT2D eigenvalue weighted by Crippen LogP contribution is -2.68. The summed E-state index contributed by atoms with van der Waals surface area (Å²) in [6, 6.07) is 21.2. The minimum Gasteiger partial charge on any atom is -0.402 e. The predicted molar refractivity (Wildman–Crippen MR) is 152 cm³/mol. The van der Waals surface area contributed by atoms with E-state index in [9.17, 15) is 4.79 Å². The fourth-order valence-corrected chi connectivity index (χ4v) is 11.0. The van der Waals surface area contributed by atoms with Crippen LogP contribution < -0.4 is 21.0 Å². The molecule has 2 aromatic heterocycles. The van der Waals surface area contributed by atoms with Crippen LogP contribution in [0, 0.1) is 6.42 Å². The minimum absolute atomic E-state index is 0.134. The Balaban J connectivity index is 1.51. The van der Waals surface area contributed by atoms with Crippen LogP contribution in [0.15, 0.2) is 71.7 Å². The molecule has 1 aliphatic heterocycles. The number of aromatic nitrogens is 3. The number of hydrogen-bond donors (Lipinski definition) is 1. The zero-order valence-corrected chi connectivity index (χ0v) is 23.4. The summed E-state index contributed by atoms with van der Waals surface area (Å²) in [5, 5.41) is 2.33. The van der Waals surface area contributed by atoms with E-state index in [4.69, 9.17) is 14.9 Å². The molecule has 3 heterocycles. The number of nitrogens with two attached hydrogens (primary N) is 1. The standard InChI is InChI=1S/C28H33N4O3SSi/c1-5-21(22-16-17-24(34-22)32-25-23(36-27(32)33)18-30-26(29)31-25)35-37(28(2,3)4,19-12-8-6-9-13-19)20-14-10-7-11-15-20/h6-15,17-18,21-22,24H,5,16H2,1-4H3,(H2,29,30,31)/t21?,22-,24+/m0/s1. The molecule has 1 radical (unpaired) electrons. The summed E-state index contributed by atoms with van der Waals surface area (Å²) >= 11 is 1.10. The first kappa shape index (κ1) is 25.8. The van der Waals surface area contributed by atoms with Crippen molar-refractivity contribution < 1.29 is 9.16 Å². The van der Waals surface area contributed by atoms with E-state index in [-0.39, 0.29) is 28.1 Å². The van der Waals surface area contributed by atoms with E-state index in [1.54, 1.807) is 10.8 Å². The molecule has 2 aromatic carbocycles. The van der Waals surface area contributed by atoms with Crippen molar-refractivity contribution in [3.05, 3.63) is 82.9 Å². The summed E-state index contributed by atoms with van der Waals surface area (Å²) in [4.78, 5) is 21.1. The van der Waals surface area contributed by atoms with Gasteiger partial charge in [-0.3, -0.25) is 9.36 Å². The molecule has 0 aliphatic carbocycles. The SMILES string of the molecule is CCC(O[Si](c1ccccc1)(c1ccccc1)C(C)(C)C)[C@@H]1C[CH][C@H](n2c(=O)sc3cnc(N)nc32)O1. The number of thiazole rings is 1. The maximum Gasteiger partial charge on any atom is 0.311 e. The maximum absolute atomic E-state index is 12.9. The van der Waals surface area contributed by atoms with Crippen LogP contribution in [0.5, 0.6) is 0 Å². The molecule has 9 heteroatoms. The van der Waals surface area contributed by atoms with E-state index in [1.165, 1.54) is 10.4 Å². The first-order valence-electron chi connectivity index (χ1n) is 12.7. The third-order valence-corrected chi connectivity index (χ3v) is 13.0. The molecule has 0 amide bonds. The molecule has 3 atom stereocenters. The van der Waals surface area contributed by atoms with Crippen LogP contribution in [0.25, 0.3) is 10.3 Å². The summed E-state index contributed by atoms with van der Waals surface area (Å²) < 4.78 is 16.2. The van der Waals surface area contributed by atoms with Crippen molar-refractivity contribution in [1.29, 1.82) is 0 Å². The lowest BCUT2D eigenvalue weighted by atomic mass is 10.1. The second kappa shape index (κ2) is 10.1. The molecule has 0 bridgehead atoms. The van der Waals surface area contributed by atoms with Gasteiger partial charge in [-0.15, -0.1) is 0 Å². The van der Waals surface area contributed by atoms with Gasteiger partial charge in [0.1, 0.15) is 6.23 Å². The molecule has 1 unspecified atom stereocenters. The fourth-order valence-electron chi connectivity index (χ4n) is 5.36. The molecule has 0 spiro atoms. The van der Waals surface area contributed by atoms with Crippen molar-refractivity contribution >= 4 is 46.3 Å². The topological polar surface area (TPSA) is 92.3 Å². The van der Waals surface area contributed by atoms with Gasteiger partial charge in [-0.25, -0.2) is 4.98 Å². The number of benzene rings is 2. The highest BCUT2D eigenvalue weighted by molar-refractivity contribution is 7.16. The second-order valence-corrected chi connectivity index (χ2v) is 15.7. The smallest absolute Gasteiger partial charge is 0.311 e. The predicted octanol–water partition coefficient (Wildman–Crippen LogP) is 4.28. The number of hydrogen-bond acceptors (Lipinski definition) is 7. The zero-order chi connectivity index (χ0) is 26.2. The number of anilines is 1. The van der Waals surface area contributed by atoms with Gasteiger partial charge in [0.15, 0.2) is 5.65 Å². The number of ether oxygens (including phenoxy) is 1. The van der Waals surface area contributed by atoms with E-state index >= 15 is 0 Å². The Hall–Kier alpha value is -2.85. The molecule has 37 heavy (non-hydrogen) atoms. The number of nitrogen functional groups attached to an aromatic ring is 1. The normalized spacial score (nSPS) is 19.4. The Morgan fingerprint density at radius 3 is 2.32 bits per heavy atom. The van der Waals surface area contributed by atoms with Gasteiger partial charge in [0.2, 0.25) is 5.95 Å². The van der Waals surface area contributed by atoms with Crippen molar-refractivity contribution in [1.82, 2.24) is 14.5 Å². The minimum atomic E-state index is -2.75. The van der Waals surface area contributed by atoms with Crippen LogP contribution in [0.1, 0.15) is 46.8 Å². The van der Waals surface area contributed by atoms with Crippen molar-refractivity contribution in [3.8, 4) is 0 Å². The average Bonchev–Trinajstić information content (AvgIpc) is 3.48. The van der Waals surface area contributed by atoms with Gasteiger partial charge in [-0.05, 0) is 28.3 Å². The third kappa shape index (κ3) is 4.65. The van der Waals surface area contributed by atoms with Crippen LogP contribution in [0.2, 0.25) is 5.04 Å². The van der Waals surface area contributed by atoms with Crippen molar-refractivity contribution in [2.75, 3.05) is 5.73 Å². The first-order chi connectivity index (χ1) is 17.7. The number of fused-ring (bicyclic) bond motifs is 1. The lowest BCUT2D eigenvalue weighted by Gasteiger charge is -2.46. The second-order valence-electron chi connectivity index (χ2n) is 10.4. The van der Waals surface area contributed by atoms with Crippen LogP contribution in [0.4, 0.5) is 5.95 Å². The lowest BCUT2D eigenvalue weighted by molar-refractivity contribution is -0.0490. The fraction of sp³-hybridized carbons (Fsp3) is 0.357. The van der Waals surface area contributed by atoms with Crippen molar-refractivity contribution in [3.63, 3.8) is 0 Å². The Kier molecular flexibility index (Phi) is 7.06. The Bertz CT molecular complexity index is 1380. The molecular weight excluding hydrogens is 500 g/mol. The number of rotatable bonds is 7. The van der Waals surface area contributed by atoms with Gasteiger partial charge >= 0.3 is 4.87 Å². The van der Waals surface area contributed by atoms with Gasteiger partial charge in [0.25, 0.3) is 8.32 Å². The quantitative estimate of drug-likeness (QED) is 0.357. The third-order valence-electron chi connectivity index (χ3n) is 7.08. The van der Waals surface area contributed by atoms with Crippen LogP contribution in [-0.4, -0.2) is 35.1 Å². The summed E-state index contributed by atoms with van der Waals surface area (Å²) in [6.45, 7) is 8.96. The summed E-state index contributed by atoms with van der Waals surface area (Å²) in [7, 11) is -2.75. The van der Waals surface area contributed by atoms with E-state index in [0.29, 0.717) is 16.8 Å². The average molecular weight is 534 g/mol. The highest BCUT2D eigenvalue weighted by Crippen LogP contribution is 2.40. The molecule has 5 rings (SSSR count). The monoisotopic (exact) mass is 533 g/mol. The molecule has 2 N–H and O–H groups in total. The number of nitrogens with zero attached hydrogens (tertiary/aromatic N) is 3. The molecule has 0 saturated carbocycles. The maximum atomic E-state index is 12.9. The first-order valence-corrected chi connectivity index (χ1v) is 15.4. The van der Waals surface area contributed by atoms with E-state index < -0.39 is 14.5 Å². The Morgan fingerprint density at radius 2 is 1.76 bits per heavy atom. The molecule has 1 aliphatic rings. The zero-order valence-electron chi connectivity index (χ0n) is 21.6. The van der Waals surface area contributed by atoms with E-state index in [2.05, 4.69) is 86.2 Å². The van der Waals surface area contributed by atoms with E-state index in [0.717, 1.165) is 17.8 Å².